The van der Waals surface area contributed by atoms with E-state index >= 15 is 0 Å². The van der Waals surface area contributed by atoms with Gasteiger partial charge in [0.15, 0.2) is 0 Å². The summed E-state index contributed by atoms with van der Waals surface area (Å²) in [4.78, 5) is 14.1. The van der Waals surface area contributed by atoms with Crippen molar-refractivity contribution in [3.05, 3.63) is 66.9 Å². The molecular formula is C16H10BrClF3N3O2. The number of imidazole rings is 1. The lowest BCUT2D eigenvalue weighted by Gasteiger charge is -2.13. The van der Waals surface area contributed by atoms with Crippen molar-refractivity contribution in [1.29, 1.82) is 0 Å². The second-order valence-electron chi connectivity index (χ2n) is 5.60. The summed E-state index contributed by atoms with van der Waals surface area (Å²) in [5.74, 6) is -1.13. The summed E-state index contributed by atoms with van der Waals surface area (Å²) in [6.07, 6.45) is -4.72. The van der Waals surface area contributed by atoms with Gasteiger partial charge in [0, 0.05) is 23.7 Å². The van der Waals surface area contributed by atoms with Crippen molar-refractivity contribution in [1.82, 2.24) is 9.55 Å². The van der Waals surface area contributed by atoms with E-state index in [2.05, 4.69) is 20.9 Å². The van der Waals surface area contributed by atoms with Crippen LogP contribution in [0, 0.1) is 17.0 Å². The SMILES string of the molecule is Cc1c(Cl)cccc1Cn1c(C(F)(F)F)nc2c(Br)cc([N+](=O)[O-])cc21. The number of rotatable bonds is 3. The molecule has 10 heteroatoms. The Morgan fingerprint density at radius 1 is 1.35 bits per heavy atom. The maximum Gasteiger partial charge on any atom is 0.449 e. The van der Waals surface area contributed by atoms with E-state index in [1.54, 1.807) is 25.1 Å². The van der Waals surface area contributed by atoms with Gasteiger partial charge in [-0.05, 0) is 40.0 Å². The number of nitro groups is 1. The van der Waals surface area contributed by atoms with E-state index in [9.17, 15) is 23.3 Å². The average molecular weight is 449 g/mol. The predicted octanol–water partition coefficient (Wildman–Crippen LogP) is 5.74. The molecule has 26 heavy (non-hydrogen) atoms. The topological polar surface area (TPSA) is 61.0 Å². The molecule has 0 fully saturated rings. The minimum absolute atomic E-state index is 0.00241. The van der Waals surface area contributed by atoms with Crippen LogP contribution in [0.5, 0.6) is 0 Å². The van der Waals surface area contributed by atoms with Gasteiger partial charge in [0.05, 0.1) is 14.9 Å². The normalized spacial score (nSPS) is 11.9. The Morgan fingerprint density at radius 2 is 2.04 bits per heavy atom. The maximum atomic E-state index is 13.5. The van der Waals surface area contributed by atoms with Crippen LogP contribution in [0.25, 0.3) is 11.0 Å². The molecule has 3 rings (SSSR count). The van der Waals surface area contributed by atoms with Crippen molar-refractivity contribution in [2.75, 3.05) is 0 Å². The molecule has 136 valence electrons. The molecule has 5 nitrogen and oxygen atoms in total. The largest absolute Gasteiger partial charge is 0.449 e. The van der Waals surface area contributed by atoms with Gasteiger partial charge in [-0.2, -0.15) is 13.2 Å². The van der Waals surface area contributed by atoms with Crippen LogP contribution < -0.4 is 0 Å². The zero-order valence-electron chi connectivity index (χ0n) is 13.1. The fraction of sp³-hybridized carbons (Fsp3) is 0.188. The highest BCUT2D eigenvalue weighted by molar-refractivity contribution is 9.10. The Morgan fingerprint density at radius 3 is 2.65 bits per heavy atom. The lowest BCUT2D eigenvalue weighted by Crippen LogP contribution is -2.16. The van der Waals surface area contributed by atoms with Gasteiger partial charge < -0.3 is 4.57 Å². The third-order valence-corrected chi connectivity index (χ3v) is 4.98. The second-order valence-corrected chi connectivity index (χ2v) is 6.86. The summed E-state index contributed by atoms with van der Waals surface area (Å²) in [7, 11) is 0. The fourth-order valence-corrected chi connectivity index (χ4v) is 3.36. The summed E-state index contributed by atoms with van der Waals surface area (Å²) < 4.78 is 41.5. The molecule has 0 aliphatic rings. The number of nitro benzene ring substituents is 1. The van der Waals surface area contributed by atoms with E-state index in [0.717, 1.165) is 16.7 Å². The van der Waals surface area contributed by atoms with Gasteiger partial charge in [0.1, 0.15) is 5.52 Å². The molecule has 0 bridgehead atoms. The smallest absolute Gasteiger partial charge is 0.316 e. The van der Waals surface area contributed by atoms with Gasteiger partial charge in [-0.15, -0.1) is 0 Å². The fourth-order valence-electron chi connectivity index (χ4n) is 2.64. The van der Waals surface area contributed by atoms with Crippen LogP contribution in [0.15, 0.2) is 34.8 Å². The summed E-state index contributed by atoms with van der Waals surface area (Å²) in [5, 5.41) is 11.5. The van der Waals surface area contributed by atoms with Crippen molar-refractivity contribution in [2.24, 2.45) is 0 Å². The highest BCUT2D eigenvalue weighted by Crippen LogP contribution is 2.36. The number of nitrogens with zero attached hydrogens (tertiary/aromatic N) is 3. The molecule has 3 aromatic rings. The molecule has 0 saturated heterocycles. The van der Waals surface area contributed by atoms with E-state index < -0.39 is 16.9 Å². The molecule has 0 N–H and O–H groups in total. The number of fused-ring (bicyclic) bond motifs is 1. The number of hydrogen-bond donors (Lipinski definition) is 0. The van der Waals surface area contributed by atoms with Crippen LogP contribution >= 0.6 is 27.5 Å². The van der Waals surface area contributed by atoms with E-state index in [0.29, 0.717) is 16.1 Å². The summed E-state index contributed by atoms with van der Waals surface area (Å²) in [6.45, 7) is 1.52. The minimum atomic E-state index is -4.72. The summed E-state index contributed by atoms with van der Waals surface area (Å²) >= 11 is 9.12. The van der Waals surface area contributed by atoms with Gasteiger partial charge in [0.2, 0.25) is 5.82 Å². The lowest BCUT2D eigenvalue weighted by molar-refractivity contribution is -0.384. The van der Waals surface area contributed by atoms with Crippen LogP contribution in [0.1, 0.15) is 17.0 Å². The molecule has 0 spiro atoms. The molecule has 0 unspecified atom stereocenters. The van der Waals surface area contributed by atoms with Crippen LogP contribution in [0.2, 0.25) is 5.02 Å². The molecule has 1 heterocycles. The van der Waals surface area contributed by atoms with Crippen molar-refractivity contribution in [2.45, 2.75) is 19.6 Å². The van der Waals surface area contributed by atoms with Crippen molar-refractivity contribution in [3.63, 3.8) is 0 Å². The Kier molecular flexibility index (Phi) is 4.70. The van der Waals surface area contributed by atoms with Crippen molar-refractivity contribution < 1.29 is 18.1 Å². The quantitative estimate of drug-likeness (QED) is 0.379. The third kappa shape index (κ3) is 3.28. The Balaban J connectivity index is 2.30. The number of benzene rings is 2. The van der Waals surface area contributed by atoms with Crippen LogP contribution in [0.3, 0.4) is 0 Å². The summed E-state index contributed by atoms with van der Waals surface area (Å²) in [5.41, 5.74) is 0.876. The van der Waals surface area contributed by atoms with E-state index in [1.165, 1.54) is 0 Å². The second kappa shape index (κ2) is 6.55. The van der Waals surface area contributed by atoms with E-state index in [-0.39, 0.29) is 27.7 Å². The monoisotopic (exact) mass is 447 g/mol. The van der Waals surface area contributed by atoms with Gasteiger partial charge in [0.25, 0.3) is 5.69 Å². The minimum Gasteiger partial charge on any atom is -0.316 e. The molecule has 0 saturated carbocycles. The zero-order chi connectivity index (χ0) is 19.2. The Hall–Kier alpha value is -2.13. The molecule has 0 aliphatic heterocycles. The van der Waals surface area contributed by atoms with Crippen LogP contribution in [-0.4, -0.2) is 14.5 Å². The molecule has 0 aliphatic carbocycles. The van der Waals surface area contributed by atoms with Crippen LogP contribution in [0.4, 0.5) is 18.9 Å². The first-order valence-electron chi connectivity index (χ1n) is 7.25. The van der Waals surface area contributed by atoms with Gasteiger partial charge >= 0.3 is 6.18 Å². The lowest BCUT2D eigenvalue weighted by atomic mass is 10.1. The number of alkyl halides is 3. The number of non-ortho nitro benzene ring substituents is 1. The molecule has 0 amide bonds. The zero-order valence-corrected chi connectivity index (χ0v) is 15.5. The first kappa shape index (κ1) is 18.7. The maximum absolute atomic E-state index is 13.5. The number of halogens is 5. The van der Waals surface area contributed by atoms with Crippen molar-refractivity contribution >= 4 is 44.3 Å². The number of aromatic nitrogens is 2. The van der Waals surface area contributed by atoms with Crippen LogP contribution in [-0.2, 0) is 12.7 Å². The first-order chi connectivity index (χ1) is 12.1. The van der Waals surface area contributed by atoms with E-state index in [4.69, 9.17) is 11.6 Å². The van der Waals surface area contributed by atoms with Gasteiger partial charge in [-0.25, -0.2) is 4.98 Å². The summed E-state index contributed by atoms with van der Waals surface area (Å²) in [6, 6.07) is 7.14. The molecule has 1 aromatic heterocycles. The first-order valence-corrected chi connectivity index (χ1v) is 8.42. The standard InChI is InChI=1S/C16H10BrClF3N3O2/c1-8-9(3-2-4-12(8)18)7-23-13-6-10(24(25)26)5-11(17)14(13)22-15(23)16(19,20)21/h2-6H,7H2,1H3. The highest BCUT2D eigenvalue weighted by Gasteiger charge is 2.38. The molecular weight excluding hydrogens is 439 g/mol. The van der Waals surface area contributed by atoms with Crippen molar-refractivity contribution in [3.8, 4) is 0 Å². The Bertz CT molecular complexity index is 1030. The highest BCUT2D eigenvalue weighted by atomic mass is 79.9. The molecule has 0 radical (unpaired) electrons. The van der Waals surface area contributed by atoms with E-state index in [1.807, 2.05) is 0 Å². The number of hydrogen-bond acceptors (Lipinski definition) is 3. The Labute approximate surface area is 158 Å². The van der Waals surface area contributed by atoms with Gasteiger partial charge in [-0.3, -0.25) is 10.1 Å². The van der Waals surface area contributed by atoms with Gasteiger partial charge in [-0.1, -0.05) is 23.7 Å². The predicted molar refractivity (Wildman–Crippen MR) is 94.4 cm³/mol. The average Bonchev–Trinajstić information content (AvgIpc) is 2.91. The third-order valence-electron chi connectivity index (χ3n) is 3.96. The molecule has 0 atom stereocenters. The molecule has 2 aromatic carbocycles.